The van der Waals surface area contributed by atoms with Gasteiger partial charge in [-0.2, -0.15) is 0 Å². The lowest BCUT2D eigenvalue weighted by Gasteiger charge is -2.26. The molecule has 0 N–H and O–H groups in total. The van der Waals surface area contributed by atoms with E-state index in [1.54, 1.807) is 0 Å². The Morgan fingerprint density at radius 1 is 1.28 bits per heavy atom. The number of amides is 1. The van der Waals surface area contributed by atoms with E-state index in [-0.39, 0.29) is 11.9 Å². The van der Waals surface area contributed by atoms with Crippen molar-refractivity contribution in [3.63, 3.8) is 0 Å². The van der Waals surface area contributed by atoms with Crippen molar-refractivity contribution < 1.29 is 9.53 Å². The lowest BCUT2D eigenvalue weighted by atomic mass is 10.1. The molecular formula is C20H25N3O2. The maximum Gasteiger partial charge on any atom is 0.226 e. The van der Waals surface area contributed by atoms with Crippen LogP contribution in [0.5, 0.6) is 5.75 Å². The van der Waals surface area contributed by atoms with Gasteiger partial charge >= 0.3 is 0 Å². The molecule has 1 atom stereocenters. The number of carbonyl (C=O) groups is 1. The third-order valence-electron chi connectivity index (χ3n) is 4.51. The van der Waals surface area contributed by atoms with Crippen LogP contribution in [0.4, 0.5) is 5.82 Å². The maximum atomic E-state index is 12.7. The first kappa shape index (κ1) is 17.3. The number of benzene rings is 1. The van der Waals surface area contributed by atoms with E-state index >= 15 is 0 Å². The highest BCUT2D eigenvalue weighted by atomic mass is 16.5. The molecule has 0 aliphatic carbocycles. The molecule has 1 aliphatic heterocycles. The van der Waals surface area contributed by atoms with E-state index in [0.717, 1.165) is 36.5 Å². The average Bonchev–Trinajstić information content (AvgIpc) is 3.12. The summed E-state index contributed by atoms with van der Waals surface area (Å²) in [5.41, 5.74) is 1.16. The van der Waals surface area contributed by atoms with Crippen molar-refractivity contribution in [2.45, 2.75) is 25.3 Å². The molecule has 1 fully saturated rings. The van der Waals surface area contributed by atoms with E-state index in [1.807, 2.05) is 66.5 Å². The quantitative estimate of drug-likeness (QED) is 0.810. The largest absolute Gasteiger partial charge is 0.493 e. The Morgan fingerprint density at radius 2 is 2.08 bits per heavy atom. The Morgan fingerprint density at radius 3 is 2.84 bits per heavy atom. The topological polar surface area (TPSA) is 45.7 Å². The number of carbonyl (C=O) groups excluding carboxylic acids is 1. The Labute approximate surface area is 149 Å². The van der Waals surface area contributed by atoms with Crippen molar-refractivity contribution in [3.05, 3.63) is 54.2 Å². The molecule has 3 rings (SSSR count). The number of nitrogens with zero attached hydrogens (tertiary/aromatic N) is 3. The summed E-state index contributed by atoms with van der Waals surface area (Å²) < 4.78 is 5.66. The Hall–Kier alpha value is -2.56. The van der Waals surface area contributed by atoms with Crippen LogP contribution in [-0.4, -0.2) is 43.0 Å². The molecule has 1 aromatic carbocycles. The first-order chi connectivity index (χ1) is 12.1. The van der Waals surface area contributed by atoms with Gasteiger partial charge < -0.3 is 14.5 Å². The van der Waals surface area contributed by atoms with Crippen LogP contribution < -0.4 is 9.64 Å². The zero-order valence-electron chi connectivity index (χ0n) is 14.9. The normalized spacial score (nSPS) is 16.7. The minimum atomic E-state index is 0.144. The SMILES string of the molecule is CN(C)c1cc([C@@H]2CCCN2C(=O)CCOc2ccccc2)ccn1. The zero-order valence-corrected chi connectivity index (χ0v) is 14.9. The molecule has 5 heteroatoms. The van der Waals surface area contributed by atoms with Crippen LogP contribution in [0, 0.1) is 0 Å². The summed E-state index contributed by atoms with van der Waals surface area (Å²) in [6.45, 7) is 1.22. The number of ether oxygens (including phenoxy) is 1. The molecule has 1 saturated heterocycles. The second-order valence-electron chi connectivity index (χ2n) is 6.50. The smallest absolute Gasteiger partial charge is 0.226 e. The third kappa shape index (κ3) is 4.29. The standard InChI is InChI=1S/C20H25N3O2/c1-22(2)19-15-16(10-12-21-19)18-9-6-13-23(18)20(24)11-14-25-17-7-4-3-5-8-17/h3-5,7-8,10,12,15,18H,6,9,11,13-14H2,1-2H3/t18-/m0/s1. The number of likely N-dealkylation sites (tertiary alicyclic amines) is 1. The molecule has 1 aliphatic rings. The number of hydrogen-bond acceptors (Lipinski definition) is 4. The molecule has 0 radical (unpaired) electrons. The fourth-order valence-electron chi connectivity index (χ4n) is 3.21. The van der Waals surface area contributed by atoms with Gasteiger partial charge in [0.15, 0.2) is 0 Å². The molecule has 0 spiro atoms. The number of rotatable bonds is 6. The average molecular weight is 339 g/mol. The van der Waals surface area contributed by atoms with Crippen LogP contribution in [0.1, 0.15) is 30.9 Å². The van der Waals surface area contributed by atoms with Crippen molar-refractivity contribution in [1.82, 2.24) is 9.88 Å². The zero-order chi connectivity index (χ0) is 17.6. The summed E-state index contributed by atoms with van der Waals surface area (Å²) in [5.74, 6) is 1.88. The van der Waals surface area contributed by atoms with Gasteiger partial charge in [0, 0.05) is 26.8 Å². The van der Waals surface area contributed by atoms with Crippen LogP contribution in [0.25, 0.3) is 0 Å². The Bertz CT molecular complexity index is 703. The van der Waals surface area contributed by atoms with E-state index in [0.29, 0.717) is 13.0 Å². The van der Waals surface area contributed by atoms with Gasteiger partial charge in [-0.05, 0) is 42.7 Å². The monoisotopic (exact) mass is 339 g/mol. The first-order valence-electron chi connectivity index (χ1n) is 8.76. The highest BCUT2D eigenvalue weighted by Crippen LogP contribution is 2.33. The van der Waals surface area contributed by atoms with Gasteiger partial charge in [0.05, 0.1) is 19.1 Å². The van der Waals surface area contributed by atoms with Crippen LogP contribution in [0.15, 0.2) is 48.7 Å². The molecule has 132 valence electrons. The van der Waals surface area contributed by atoms with Gasteiger partial charge in [-0.25, -0.2) is 4.98 Å². The van der Waals surface area contributed by atoms with Crippen molar-refractivity contribution in [1.29, 1.82) is 0 Å². The van der Waals surface area contributed by atoms with Crippen LogP contribution >= 0.6 is 0 Å². The van der Waals surface area contributed by atoms with Gasteiger partial charge in [-0.1, -0.05) is 18.2 Å². The van der Waals surface area contributed by atoms with Gasteiger partial charge in [0.2, 0.25) is 5.91 Å². The maximum absolute atomic E-state index is 12.7. The van der Waals surface area contributed by atoms with E-state index < -0.39 is 0 Å². The summed E-state index contributed by atoms with van der Waals surface area (Å²) in [7, 11) is 3.95. The lowest BCUT2D eigenvalue weighted by Crippen LogP contribution is -2.31. The lowest BCUT2D eigenvalue weighted by molar-refractivity contribution is -0.132. The molecule has 0 saturated carbocycles. The summed E-state index contributed by atoms with van der Waals surface area (Å²) in [5, 5.41) is 0. The first-order valence-corrected chi connectivity index (χ1v) is 8.76. The van der Waals surface area contributed by atoms with E-state index in [1.165, 1.54) is 0 Å². The van der Waals surface area contributed by atoms with Crippen molar-refractivity contribution in [2.24, 2.45) is 0 Å². The van der Waals surface area contributed by atoms with Crippen LogP contribution in [0.2, 0.25) is 0 Å². The molecule has 1 amide bonds. The Kier molecular flexibility index (Phi) is 5.53. The molecule has 0 bridgehead atoms. The highest BCUT2D eigenvalue weighted by molar-refractivity contribution is 5.77. The van der Waals surface area contributed by atoms with Gasteiger partial charge in [0.1, 0.15) is 11.6 Å². The fourth-order valence-corrected chi connectivity index (χ4v) is 3.21. The summed E-state index contributed by atoms with van der Waals surface area (Å²) in [6, 6.07) is 13.9. The molecular weight excluding hydrogens is 314 g/mol. The van der Waals surface area contributed by atoms with E-state index in [9.17, 15) is 4.79 Å². The molecule has 2 heterocycles. The van der Waals surface area contributed by atoms with Crippen molar-refractivity contribution in [3.8, 4) is 5.75 Å². The van der Waals surface area contributed by atoms with Gasteiger partial charge in [-0.3, -0.25) is 4.79 Å². The molecule has 0 unspecified atom stereocenters. The number of aromatic nitrogens is 1. The summed E-state index contributed by atoms with van der Waals surface area (Å²) in [4.78, 5) is 21.0. The number of pyridine rings is 1. The van der Waals surface area contributed by atoms with Crippen LogP contribution in [0.3, 0.4) is 0 Å². The third-order valence-corrected chi connectivity index (χ3v) is 4.51. The number of anilines is 1. The van der Waals surface area contributed by atoms with Gasteiger partial charge in [-0.15, -0.1) is 0 Å². The van der Waals surface area contributed by atoms with Crippen molar-refractivity contribution >= 4 is 11.7 Å². The highest BCUT2D eigenvalue weighted by Gasteiger charge is 2.30. The second-order valence-corrected chi connectivity index (χ2v) is 6.50. The molecule has 2 aromatic rings. The number of hydrogen-bond donors (Lipinski definition) is 0. The molecule has 1 aromatic heterocycles. The predicted molar refractivity (Wildman–Crippen MR) is 98.8 cm³/mol. The van der Waals surface area contributed by atoms with Gasteiger partial charge in [0.25, 0.3) is 0 Å². The predicted octanol–water partition coefficient (Wildman–Crippen LogP) is 3.28. The van der Waals surface area contributed by atoms with E-state index in [4.69, 9.17) is 4.74 Å². The molecule has 5 nitrogen and oxygen atoms in total. The second kappa shape index (κ2) is 8.01. The van der Waals surface area contributed by atoms with E-state index in [2.05, 4.69) is 11.1 Å². The Balaban J connectivity index is 1.61. The molecule has 25 heavy (non-hydrogen) atoms. The summed E-state index contributed by atoms with van der Waals surface area (Å²) >= 11 is 0. The minimum Gasteiger partial charge on any atom is -0.493 e. The van der Waals surface area contributed by atoms with Crippen LogP contribution in [-0.2, 0) is 4.79 Å². The fraction of sp³-hybridized carbons (Fsp3) is 0.400. The van der Waals surface area contributed by atoms with Crippen molar-refractivity contribution in [2.75, 3.05) is 32.1 Å². The number of para-hydroxylation sites is 1. The summed E-state index contributed by atoms with van der Waals surface area (Å²) in [6.07, 6.45) is 4.26. The minimum absolute atomic E-state index is 0.144.